The van der Waals surface area contributed by atoms with Crippen molar-refractivity contribution in [2.24, 2.45) is 7.05 Å². The molecule has 1 N–H and O–H groups in total. The number of carbonyl (C=O) groups is 2. The highest BCUT2D eigenvalue weighted by molar-refractivity contribution is 6.05. The molecule has 0 bridgehead atoms. The molecule has 0 fully saturated rings. The third-order valence-corrected chi connectivity index (χ3v) is 4.62. The van der Waals surface area contributed by atoms with E-state index in [4.69, 9.17) is 14.2 Å². The molecular formula is C23H24N2O5. The molecule has 30 heavy (non-hydrogen) atoms. The molecule has 0 aliphatic rings. The number of carbonyl (C=O) groups excluding carboxylic acids is 2. The minimum Gasteiger partial charge on any atom is -0.493 e. The van der Waals surface area contributed by atoms with Crippen LogP contribution in [-0.4, -0.2) is 37.3 Å². The van der Waals surface area contributed by atoms with Crippen LogP contribution in [0.2, 0.25) is 0 Å². The van der Waals surface area contributed by atoms with Crippen molar-refractivity contribution in [3.8, 4) is 11.5 Å². The lowest BCUT2D eigenvalue weighted by molar-refractivity contribution is -0.138. The molecule has 0 spiro atoms. The number of rotatable bonds is 7. The van der Waals surface area contributed by atoms with Gasteiger partial charge in [0.1, 0.15) is 5.70 Å². The summed E-state index contributed by atoms with van der Waals surface area (Å²) < 4.78 is 17.5. The fourth-order valence-electron chi connectivity index (χ4n) is 3.17. The van der Waals surface area contributed by atoms with Crippen molar-refractivity contribution in [2.75, 3.05) is 20.8 Å². The first-order valence-electron chi connectivity index (χ1n) is 9.44. The van der Waals surface area contributed by atoms with E-state index in [1.54, 1.807) is 31.2 Å². The molecule has 1 aromatic heterocycles. The summed E-state index contributed by atoms with van der Waals surface area (Å²) in [6.07, 6.45) is 3.52. The molecule has 0 saturated carbocycles. The van der Waals surface area contributed by atoms with Gasteiger partial charge in [0.2, 0.25) is 0 Å². The van der Waals surface area contributed by atoms with E-state index in [0.29, 0.717) is 17.1 Å². The monoisotopic (exact) mass is 408 g/mol. The van der Waals surface area contributed by atoms with Crippen LogP contribution in [0.1, 0.15) is 22.8 Å². The number of hydrogen-bond acceptors (Lipinski definition) is 5. The van der Waals surface area contributed by atoms with Crippen LogP contribution in [0, 0.1) is 0 Å². The molecule has 7 heteroatoms. The normalized spacial score (nSPS) is 11.3. The van der Waals surface area contributed by atoms with Crippen LogP contribution in [0.4, 0.5) is 0 Å². The van der Waals surface area contributed by atoms with Gasteiger partial charge in [-0.2, -0.15) is 0 Å². The highest BCUT2D eigenvalue weighted by atomic mass is 16.5. The maximum atomic E-state index is 12.8. The molecular weight excluding hydrogens is 384 g/mol. The van der Waals surface area contributed by atoms with E-state index in [1.165, 1.54) is 14.2 Å². The van der Waals surface area contributed by atoms with E-state index < -0.39 is 11.9 Å². The molecule has 0 unspecified atom stereocenters. The molecule has 1 heterocycles. The summed E-state index contributed by atoms with van der Waals surface area (Å²) in [4.78, 5) is 25.4. The maximum absolute atomic E-state index is 12.8. The highest BCUT2D eigenvalue weighted by Crippen LogP contribution is 2.28. The lowest BCUT2D eigenvalue weighted by Crippen LogP contribution is -2.28. The quantitative estimate of drug-likeness (QED) is 0.478. The Bertz CT molecular complexity index is 1110. The van der Waals surface area contributed by atoms with E-state index in [1.807, 2.05) is 42.1 Å². The Morgan fingerprint density at radius 3 is 2.50 bits per heavy atom. The predicted molar refractivity (Wildman–Crippen MR) is 115 cm³/mol. The number of fused-ring (bicyclic) bond motifs is 1. The van der Waals surface area contributed by atoms with Crippen LogP contribution in [0.25, 0.3) is 17.0 Å². The zero-order chi connectivity index (χ0) is 21.7. The van der Waals surface area contributed by atoms with Gasteiger partial charge in [-0.3, -0.25) is 4.79 Å². The van der Waals surface area contributed by atoms with E-state index in [0.717, 1.165) is 16.5 Å². The predicted octanol–water partition coefficient (Wildman–Crippen LogP) is 3.53. The van der Waals surface area contributed by atoms with Crippen LogP contribution < -0.4 is 14.8 Å². The van der Waals surface area contributed by atoms with Gasteiger partial charge in [-0.15, -0.1) is 0 Å². The fourth-order valence-corrected chi connectivity index (χ4v) is 3.17. The van der Waals surface area contributed by atoms with Gasteiger partial charge < -0.3 is 24.1 Å². The van der Waals surface area contributed by atoms with Crippen molar-refractivity contribution in [1.82, 2.24) is 9.88 Å². The SMILES string of the molecule is CCOC(=O)/C(=C/c1cn(C)c2ccccc12)NC(=O)c1ccc(OC)c(OC)c1. The van der Waals surface area contributed by atoms with Gasteiger partial charge >= 0.3 is 5.97 Å². The number of amides is 1. The number of ether oxygens (including phenoxy) is 3. The minimum absolute atomic E-state index is 0.0491. The van der Waals surface area contributed by atoms with E-state index in [9.17, 15) is 9.59 Å². The summed E-state index contributed by atoms with van der Waals surface area (Å²) >= 11 is 0. The molecule has 0 saturated heterocycles. The average Bonchev–Trinajstić information content (AvgIpc) is 3.08. The Hall–Kier alpha value is -3.74. The van der Waals surface area contributed by atoms with E-state index >= 15 is 0 Å². The van der Waals surface area contributed by atoms with Gasteiger partial charge in [-0.1, -0.05) is 18.2 Å². The lowest BCUT2D eigenvalue weighted by Gasteiger charge is -2.11. The van der Waals surface area contributed by atoms with Gasteiger partial charge in [0.25, 0.3) is 5.91 Å². The smallest absolute Gasteiger partial charge is 0.354 e. The summed E-state index contributed by atoms with van der Waals surface area (Å²) in [5, 5.41) is 3.63. The lowest BCUT2D eigenvalue weighted by atomic mass is 10.1. The van der Waals surface area contributed by atoms with Gasteiger partial charge in [0.05, 0.1) is 20.8 Å². The Morgan fingerprint density at radius 2 is 1.80 bits per heavy atom. The number of aryl methyl sites for hydroxylation is 1. The molecule has 3 rings (SSSR count). The number of esters is 1. The van der Waals surface area contributed by atoms with Gasteiger partial charge in [-0.25, -0.2) is 4.79 Å². The van der Waals surface area contributed by atoms with Crippen LogP contribution in [-0.2, 0) is 16.6 Å². The van der Waals surface area contributed by atoms with Crippen LogP contribution in [0.15, 0.2) is 54.4 Å². The van der Waals surface area contributed by atoms with Crippen molar-refractivity contribution in [3.63, 3.8) is 0 Å². The van der Waals surface area contributed by atoms with Crippen molar-refractivity contribution in [1.29, 1.82) is 0 Å². The van der Waals surface area contributed by atoms with Crippen LogP contribution in [0.5, 0.6) is 11.5 Å². The Labute approximate surface area is 174 Å². The summed E-state index contributed by atoms with van der Waals surface area (Å²) in [7, 11) is 4.93. The Morgan fingerprint density at radius 1 is 1.07 bits per heavy atom. The molecule has 0 aliphatic carbocycles. The molecule has 2 aromatic carbocycles. The fraction of sp³-hybridized carbons (Fsp3) is 0.217. The van der Waals surface area contributed by atoms with Crippen molar-refractivity contribution < 1.29 is 23.8 Å². The van der Waals surface area contributed by atoms with Crippen molar-refractivity contribution >= 4 is 28.9 Å². The van der Waals surface area contributed by atoms with Crippen molar-refractivity contribution in [3.05, 3.63) is 65.5 Å². The molecule has 1 amide bonds. The number of benzene rings is 2. The molecule has 0 aliphatic heterocycles. The number of hydrogen-bond donors (Lipinski definition) is 1. The average molecular weight is 408 g/mol. The van der Waals surface area contributed by atoms with Gasteiger partial charge in [0.15, 0.2) is 11.5 Å². The van der Waals surface area contributed by atoms with E-state index in [2.05, 4.69) is 5.32 Å². The number of methoxy groups -OCH3 is 2. The number of para-hydroxylation sites is 1. The first-order chi connectivity index (χ1) is 14.5. The zero-order valence-electron chi connectivity index (χ0n) is 17.4. The number of nitrogens with one attached hydrogen (secondary N) is 1. The highest BCUT2D eigenvalue weighted by Gasteiger charge is 2.18. The third kappa shape index (κ3) is 4.30. The summed E-state index contributed by atoms with van der Waals surface area (Å²) in [6, 6.07) is 12.6. The molecule has 3 aromatic rings. The second kappa shape index (κ2) is 9.17. The first kappa shape index (κ1) is 21.0. The Kier molecular flexibility index (Phi) is 6.41. The van der Waals surface area contributed by atoms with Gasteiger partial charge in [-0.05, 0) is 37.3 Å². The number of nitrogens with zero attached hydrogens (tertiary/aromatic N) is 1. The summed E-state index contributed by atoms with van der Waals surface area (Å²) in [5.74, 6) is -0.151. The molecule has 156 valence electrons. The molecule has 0 atom stereocenters. The maximum Gasteiger partial charge on any atom is 0.354 e. The second-order valence-electron chi connectivity index (χ2n) is 6.51. The first-order valence-corrected chi connectivity index (χ1v) is 9.44. The minimum atomic E-state index is -0.612. The molecule has 7 nitrogen and oxygen atoms in total. The Balaban J connectivity index is 1.97. The van der Waals surface area contributed by atoms with Gasteiger partial charge in [0, 0.05) is 35.3 Å². The van der Waals surface area contributed by atoms with Crippen LogP contribution >= 0.6 is 0 Å². The second-order valence-corrected chi connectivity index (χ2v) is 6.51. The van der Waals surface area contributed by atoms with Crippen molar-refractivity contribution in [2.45, 2.75) is 6.92 Å². The standard InChI is InChI=1S/C23H24N2O5/c1-5-30-23(27)18(12-16-14-25(2)19-9-7-6-8-17(16)19)24-22(26)15-10-11-20(28-3)21(13-15)29-4/h6-14H,5H2,1-4H3,(H,24,26)/b18-12-. The van der Waals surface area contributed by atoms with Crippen LogP contribution in [0.3, 0.4) is 0 Å². The zero-order valence-corrected chi connectivity index (χ0v) is 17.4. The molecule has 0 radical (unpaired) electrons. The largest absolute Gasteiger partial charge is 0.493 e. The van der Waals surface area contributed by atoms with E-state index in [-0.39, 0.29) is 12.3 Å². The third-order valence-electron chi connectivity index (χ3n) is 4.62. The summed E-state index contributed by atoms with van der Waals surface area (Å²) in [5.41, 5.74) is 2.18. The summed E-state index contributed by atoms with van der Waals surface area (Å²) in [6.45, 7) is 1.90. The number of aromatic nitrogens is 1. The topological polar surface area (TPSA) is 78.8 Å².